The molecule has 0 aliphatic rings. The zero-order chi connectivity index (χ0) is 13.9. The maximum Gasteiger partial charge on any atom is 0.0712 e. The monoisotopic (exact) mass is 285 g/mol. The molecular formula is C16H16ClN3. The van der Waals surface area contributed by atoms with E-state index in [-0.39, 0.29) is 6.04 Å². The van der Waals surface area contributed by atoms with E-state index in [4.69, 9.17) is 11.6 Å². The normalized spacial score (nSPS) is 12.7. The van der Waals surface area contributed by atoms with E-state index in [0.29, 0.717) is 0 Å². The number of halogens is 1. The van der Waals surface area contributed by atoms with Crippen molar-refractivity contribution in [1.29, 1.82) is 0 Å². The van der Waals surface area contributed by atoms with Crippen LogP contribution in [-0.4, -0.2) is 16.2 Å². The Kier molecular flexibility index (Phi) is 3.72. The molecule has 102 valence electrons. The summed E-state index contributed by atoms with van der Waals surface area (Å²) in [5, 5.41) is 8.67. The molecule has 3 nitrogen and oxygen atoms in total. The third-order valence-corrected chi connectivity index (χ3v) is 3.59. The molecule has 1 atom stereocenters. The highest BCUT2D eigenvalue weighted by molar-refractivity contribution is 6.30. The van der Waals surface area contributed by atoms with Crippen molar-refractivity contribution in [3.05, 3.63) is 71.0 Å². The Morgan fingerprint density at radius 1 is 1.25 bits per heavy atom. The van der Waals surface area contributed by atoms with Crippen molar-refractivity contribution in [1.82, 2.24) is 14.9 Å². The molecule has 0 bridgehead atoms. The summed E-state index contributed by atoms with van der Waals surface area (Å²) < 4.78 is 1.89. The summed E-state index contributed by atoms with van der Waals surface area (Å²) in [5.41, 5.74) is 3.42. The molecule has 3 rings (SSSR count). The van der Waals surface area contributed by atoms with Gasteiger partial charge in [-0.2, -0.15) is 5.10 Å². The van der Waals surface area contributed by atoms with Gasteiger partial charge >= 0.3 is 0 Å². The van der Waals surface area contributed by atoms with Gasteiger partial charge in [0.1, 0.15) is 0 Å². The Labute approximate surface area is 123 Å². The van der Waals surface area contributed by atoms with Crippen LogP contribution in [0.15, 0.2) is 54.9 Å². The van der Waals surface area contributed by atoms with Crippen LogP contribution in [-0.2, 0) is 0 Å². The molecule has 0 saturated carbocycles. The molecule has 20 heavy (non-hydrogen) atoms. The summed E-state index contributed by atoms with van der Waals surface area (Å²) in [6.45, 7) is 2.98. The first-order valence-corrected chi connectivity index (χ1v) is 7.08. The number of hydrogen-bond donors (Lipinski definition) is 1. The Hall–Kier alpha value is -1.84. The summed E-state index contributed by atoms with van der Waals surface area (Å²) in [5.74, 6) is 0. The second-order valence-corrected chi connectivity index (χ2v) is 5.11. The van der Waals surface area contributed by atoms with Crippen molar-refractivity contribution in [2.24, 2.45) is 0 Å². The molecule has 0 amide bonds. The average Bonchev–Trinajstić information content (AvgIpc) is 2.88. The van der Waals surface area contributed by atoms with Gasteiger partial charge in [0, 0.05) is 16.8 Å². The lowest BCUT2D eigenvalue weighted by Crippen LogP contribution is -2.21. The summed E-state index contributed by atoms with van der Waals surface area (Å²) in [4.78, 5) is 0. The molecule has 4 heteroatoms. The predicted octanol–water partition coefficient (Wildman–Crippen LogP) is 3.69. The standard InChI is InChI=1S/C16H16ClN3/c1-2-18-16(12-6-5-7-13(17)10-12)14-11-19-20-9-4-3-8-15(14)20/h3-11,16,18H,2H2,1H3. The van der Waals surface area contributed by atoms with Crippen LogP contribution in [0.4, 0.5) is 0 Å². The molecule has 2 heterocycles. The zero-order valence-electron chi connectivity index (χ0n) is 11.3. The lowest BCUT2D eigenvalue weighted by Gasteiger charge is -2.18. The van der Waals surface area contributed by atoms with Gasteiger partial charge < -0.3 is 5.32 Å². The van der Waals surface area contributed by atoms with Gasteiger partial charge in [-0.15, -0.1) is 0 Å². The first kappa shape index (κ1) is 13.2. The maximum atomic E-state index is 6.12. The van der Waals surface area contributed by atoms with E-state index in [9.17, 15) is 0 Å². The van der Waals surface area contributed by atoms with E-state index in [1.165, 1.54) is 0 Å². The third-order valence-electron chi connectivity index (χ3n) is 3.36. The van der Waals surface area contributed by atoms with Crippen LogP contribution in [0, 0.1) is 0 Å². The minimum Gasteiger partial charge on any atom is -0.306 e. The number of hydrogen-bond acceptors (Lipinski definition) is 2. The largest absolute Gasteiger partial charge is 0.306 e. The number of pyridine rings is 1. The fourth-order valence-electron chi connectivity index (χ4n) is 2.47. The van der Waals surface area contributed by atoms with Crippen LogP contribution in [0.1, 0.15) is 24.1 Å². The summed E-state index contributed by atoms with van der Waals surface area (Å²) in [6, 6.07) is 14.1. The van der Waals surface area contributed by atoms with E-state index >= 15 is 0 Å². The van der Waals surface area contributed by atoms with Gasteiger partial charge in [-0.1, -0.05) is 36.7 Å². The van der Waals surface area contributed by atoms with Crippen molar-refractivity contribution in [3.63, 3.8) is 0 Å². The van der Waals surface area contributed by atoms with Crippen LogP contribution >= 0.6 is 11.6 Å². The van der Waals surface area contributed by atoms with Gasteiger partial charge in [0.15, 0.2) is 0 Å². The van der Waals surface area contributed by atoms with Crippen LogP contribution in [0.25, 0.3) is 5.52 Å². The number of rotatable bonds is 4. The quantitative estimate of drug-likeness (QED) is 0.792. The average molecular weight is 286 g/mol. The molecule has 0 fully saturated rings. The molecule has 0 spiro atoms. The Bertz CT molecular complexity index is 720. The molecule has 0 aliphatic carbocycles. The molecular weight excluding hydrogens is 270 g/mol. The van der Waals surface area contributed by atoms with E-state index in [0.717, 1.165) is 28.2 Å². The van der Waals surface area contributed by atoms with Gasteiger partial charge in [0.05, 0.1) is 17.8 Å². The molecule has 3 aromatic rings. The first-order valence-electron chi connectivity index (χ1n) is 6.70. The molecule has 1 aromatic carbocycles. The minimum atomic E-state index is 0.0959. The summed E-state index contributed by atoms with van der Waals surface area (Å²) >= 11 is 6.12. The maximum absolute atomic E-state index is 6.12. The van der Waals surface area contributed by atoms with Crippen molar-refractivity contribution in [3.8, 4) is 0 Å². The van der Waals surface area contributed by atoms with Crippen molar-refractivity contribution in [2.75, 3.05) is 6.54 Å². The van der Waals surface area contributed by atoms with Gasteiger partial charge in [-0.05, 0) is 36.4 Å². The number of nitrogens with one attached hydrogen (secondary N) is 1. The van der Waals surface area contributed by atoms with Crippen molar-refractivity contribution in [2.45, 2.75) is 13.0 Å². The van der Waals surface area contributed by atoms with Crippen LogP contribution in [0.5, 0.6) is 0 Å². The second kappa shape index (κ2) is 5.65. The lowest BCUT2D eigenvalue weighted by atomic mass is 10.00. The molecule has 1 unspecified atom stereocenters. The Morgan fingerprint density at radius 3 is 2.95 bits per heavy atom. The SMILES string of the molecule is CCNC(c1cccc(Cl)c1)c1cnn2ccccc12. The van der Waals surface area contributed by atoms with E-state index in [2.05, 4.69) is 29.5 Å². The smallest absolute Gasteiger partial charge is 0.0712 e. The van der Waals surface area contributed by atoms with E-state index < -0.39 is 0 Å². The number of fused-ring (bicyclic) bond motifs is 1. The van der Waals surface area contributed by atoms with Gasteiger partial charge in [0.25, 0.3) is 0 Å². The van der Waals surface area contributed by atoms with E-state index in [1.807, 2.05) is 47.2 Å². The van der Waals surface area contributed by atoms with Gasteiger partial charge in [0.2, 0.25) is 0 Å². The fraction of sp³-hybridized carbons (Fsp3) is 0.188. The number of benzene rings is 1. The molecule has 1 N–H and O–H groups in total. The molecule has 0 saturated heterocycles. The molecule has 0 radical (unpaired) electrons. The highest BCUT2D eigenvalue weighted by Crippen LogP contribution is 2.27. The topological polar surface area (TPSA) is 29.3 Å². The fourth-order valence-corrected chi connectivity index (χ4v) is 2.67. The van der Waals surface area contributed by atoms with Gasteiger partial charge in [-0.25, -0.2) is 4.52 Å². The predicted molar refractivity (Wildman–Crippen MR) is 82.2 cm³/mol. The highest BCUT2D eigenvalue weighted by atomic mass is 35.5. The Balaban J connectivity index is 2.11. The number of nitrogens with zero attached hydrogens (tertiary/aromatic N) is 2. The summed E-state index contributed by atoms with van der Waals surface area (Å²) in [7, 11) is 0. The van der Waals surface area contributed by atoms with Crippen molar-refractivity contribution < 1.29 is 0 Å². The Morgan fingerprint density at radius 2 is 2.15 bits per heavy atom. The zero-order valence-corrected chi connectivity index (χ0v) is 12.0. The minimum absolute atomic E-state index is 0.0959. The highest BCUT2D eigenvalue weighted by Gasteiger charge is 2.17. The van der Waals surface area contributed by atoms with Crippen molar-refractivity contribution >= 4 is 17.1 Å². The van der Waals surface area contributed by atoms with Crippen LogP contribution in [0.3, 0.4) is 0 Å². The number of aromatic nitrogens is 2. The van der Waals surface area contributed by atoms with Gasteiger partial charge in [-0.3, -0.25) is 0 Å². The van der Waals surface area contributed by atoms with Crippen LogP contribution < -0.4 is 5.32 Å². The molecule has 2 aromatic heterocycles. The second-order valence-electron chi connectivity index (χ2n) is 4.68. The lowest BCUT2D eigenvalue weighted by molar-refractivity contribution is 0.634. The first-order chi connectivity index (χ1) is 9.79. The van der Waals surface area contributed by atoms with E-state index in [1.54, 1.807) is 0 Å². The summed E-state index contributed by atoms with van der Waals surface area (Å²) in [6.07, 6.45) is 3.88. The molecule has 0 aliphatic heterocycles. The third kappa shape index (κ3) is 2.42. The van der Waals surface area contributed by atoms with Crippen LogP contribution in [0.2, 0.25) is 5.02 Å².